The molecule has 1 aliphatic rings. The van der Waals surface area contributed by atoms with Gasteiger partial charge in [0.15, 0.2) is 0 Å². The van der Waals surface area contributed by atoms with Crippen LogP contribution in [0.4, 0.5) is 5.00 Å². The Bertz CT molecular complexity index is 944. The summed E-state index contributed by atoms with van der Waals surface area (Å²) in [6.07, 6.45) is 1.69. The van der Waals surface area contributed by atoms with Gasteiger partial charge in [0.25, 0.3) is 0 Å². The van der Waals surface area contributed by atoms with E-state index in [0.29, 0.717) is 23.7 Å². The van der Waals surface area contributed by atoms with E-state index in [2.05, 4.69) is 10.6 Å². The second-order valence-electron chi connectivity index (χ2n) is 7.83. The van der Waals surface area contributed by atoms with Crippen molar-refractivity contribution in [1.82, 2.24) is 10.2 Å². The van der Waals surface area contributed by atoms with Crippen LogP contribution in [0.2, 0.25) is 0 Å². The van der Waals surface area contributed by atoms with Gasteiger partial charge in [0.05, 0.1) is 24.1 Å². The summed E-state index contributed by atoms with van der Waals surface area (Å²) in [7, 11) is 0. The van der Waals surface area contributed by atoms with Crippen LogP contribution in [0, 0.1) is 5.92 Å². The normalized spacial score (nSPS) is 17.4. The number of ether oxygens (including phenoxy) is 1. The minimum absolute atomic E-state index is 0.0418. The summed E-state index contributed by atoms with van der Waals surface area (Å²) in [5, 5.41) is 6.30. The van der Waals surface area contributed by atoms with Crippen LogP contribution in [0.1, 0.15) is 44.0 Å². The summed E-state index contributed by atoms with van der Waals surface area (Å²) >= 11 is 1.36. The van der Waals surface area contributed by atoms with E-state index in [9.17, 15) is 14.4 Å². The largest absolute Gasteiger partial charge is 0.462 e. The van der Waals surface area contributed by atoms with Gasteiger partial charge in [-0.25, -0.2) is 4.79 Å². The lowest BCUT2D eigenvalue weighted by atomic mass is 9.96. The molecule has 1 aliphatic heterocycles. The van der Waals surface area contributed by atoms with Crippen molar-refractivity contribution in [1.29, 1.82) is 0 Å². The monoisotopic (exact) mass is 457 g/mol. The summed E-state index contributed by atoms with van der Waals surface area (Å²) < 4.78 is 5.20. The van der Waals surface area contributed by atoms with E-state index >= 15 is 0 Å². The van der Waals surface area contributed by atoms with Gasteiger partial charge in [-0.15, -0.1) is 11.3 Å². The molecule has 0 radical (unpaired) electrons. The summed E-state index contributed by atoms with van der Waals surface area (Å²) in [6.45, 7) is 7.66. The number of rotatable bonds is 8. The number of piperidine rings is 1. The Balaban J connectivity index is 1.76. The lowest BCUT2D eigenvalue weighted by molar-refractivity contribution is -0.129. The van der Waals surface area contributed by atoms with Crippen LogP contribution >= 0.6 is 11.3 Å². The van der Waals surface area contributed by atoms with E-state index in [1.807, 2.05) is 49.1 Å². The molecule has 1 aromatic carbocycles. The van der Waals surface area contributed by atoms with Crippen LogP contribution in [0.25, 0.3) is 10.4 Å². The molecule has 2 unspecified atom stereocenters. The molecule has 3 rings (SSSR count). The number of likely N-dealkylation sites (tertiary alicyclic amines) is 1. The first-order valence-electron chi connectivity index (χ1n) is 11.1. The number of anilines is 1. The lowest BCUT2D eigenvalue weighted by Crippen LogP contribution is -2.50. The van der Waals surface area contributed by atoms with Gasteiger partial charge in [-0.1, -0.05) is 30.3 Å². The molecule has 2 amide bonds. The van der Waals surface area contributed by atoms with Gasteiger partial charge in [0, 0.05) is 18.0 Å². The van der Waals surface area contributed by atoms with Gasteiger partial charge >= 0.3 is 5.97 Å². The van der Waals surface area contributed by atoms with Crippen molar-refractivity contribution < 1.29 is 19.1 Å². The zero-order chi connectivity index (χ0) is 23.1. The van der Waals surface area contributed by atoms with Crippen LogP contribution in [0.3, 0.4) is 0 Å². The molecule has 1 aromatic heterocycles. The molecule has 0 bridgehead atoms. The van der Waals surface area contributed by atoms with Crippen molar-refractivity contribution in [3.63, 3.8) is 0 Å². The first-order chi connectivity index (χ1) is 15.4. The van der Waals surface area contributed by atoms with Crippen LogP contribution in [0.5, 0.6) is 0 Å². The highest BCUT2D eigenvalue weighted by Crippen LogP contribution is 2.36. The Labute approximate surface area is 193 Å². The molecule has 0 aliphatic carbocycles. The SMILES string of the molecule is CCNC(=O)C1CCCN(C(C)C(=O)Nc2sc(-c3ccccc3)cc2C(=O)OCC)C1. The molecule has 2 atom stereocenters. The van der Waals surface area contributed by atoms with Crippen molar-refractivity contribution >= 4 is 34.1 Å². The number of carbonyl (C=O) groups is 3. The molecule has 2 heterocycles. The Hall–Kier alpha value is -2.71. The third-order valence-corrected chi connectivity index (χ3v) is 6.72. The molecule has 2 N–H and O–H groups in total. The van der Waals surface area contributed by atoms with Gasteiger partial charge in [0.2, 0.25) is 11.8 Å². The third kappa shape index (κ3) is 5.75. The number of benzene rings is 1. The highest BCUT2D eigenvalue weighted by atomic mass is 32.1. The van der Waals surface area contributed by atoms with E-state index < -0.39 is 12.0 Å². The maximum absolute atomic E-state index is 13.1. The minimum atomic E-state index is -0.455. The number of carbonyl (C=O) groups excluding carboxylic acids is 3. The van der Waals surface area contributed by atoms with E-state index in [0.717, 1.165) is 29.8 Å². The fourth-order valence-electron chi connectivity index (χ4n) is 3.86. The first-order valence-corrected chi connectivity index (χ1v) is 11.9. The molecular formula is C24H31N3O4S. The average molecular weight is 458 g/mol. The molecule has 1 saturated heterocycles. The maximum atomic E-state index is 13.1. The van der Waals surface area contributed by atoms with Crippen molar-refractivity contribution in [3.8, 4) is 10.4 Å². The third-order valence-electron chi connectivity index (χ3n) is 5.62. The molecule has 1 fully saturated rings. The van der Waals surface area contributed by atoms with Gasteiger partial charge < -0.3 is 15.4 Å². The second-order valence-corrected chi connectivity index (χ2v) is 8.89. The quantitative estimate of drug-likeness (QED) is 0.589. The summed E-state index contributed by atoms with van der Waals surface area (Å²) in [5.74, 6) is -0.725. The van der Waals surface area contributed by atoms with Gasteiger partial charge in [-0.05, 0) is 51.8 Å². The lowest BCUT2D eigenvalue weighted by Gasteiger charge is -2.35. The standard InChI is InChI=1S/C24H31N3O4S/c1-4-25-22(29)18-12-9-13-27(15-18)16(3)21(28)26-23-19(24(30)31-5-2)14-20(32-23)17-10-7-6-8-11-17/h6-8,10-11,14,16,18H,4-5,9,12-13,15H2,1-3H3,(H,25,29)(H,26,28). The highest BCUT2D eigenvalue weighted by Gasteiger charge is 2.31. The van der Waals surface area contributed by atoms with Crippen LogP contribution < -0.4 is 10.6 Å². The van der Waals surface area contributed by atoms with Crippen molar-refractivity contribution in [2.75, 3.05) is 31.6 Å². The molecule has 32 heavy (non-hydrogen) atoms. The van der Waals surface area contributed by atoms with Crippen molar-refractivity contribution in [2.24, 2.45) is 5.92 Å². The number of hydrogen-bond donors (Lipinski definition) is 2. The van der Waals surface area contributed by atoms with Crippen molar-refractivity contribution in [2.45, 2.75) is 39.7 Å². The van der Waals surface area contributed by atoms with E-state index in [1.165, 1.54) is 11.3 Å². The summed E-state index contributed by atoms with van der Waals surface area (Å²) in [6, 6.07) is 11.1. The predicted octanol–water partition coefficient (Wildman–Crippen LogP) is 3.77. The van der Waals surface area contributed by atoms with Crippen LogP contribution in [-0.2, 0) is 14.3 Å². The van der Waals surface area contributed by atoms with Crippen LogP contribution in [-0.4, -0.2) is 55.0 Å². The van der Waals surface area contributed by atoms with Crippen LogP contribution in [0.15, 0.2) is 36.4 Å². The molecular weight excluding hydrogens is 426 g/mol. The fraction of sp³-hybridized carbons (Fsp3) is 0.458. The topological polar surface area (TPSA) is 87.7 Å². The van der Waals surface area contributed by atoms with E-state index in [-0.39, 0.29) is 24.3 Å². The van der Waals surface area contributed by atoms with Gasteiger partial charge in [-0.2, -0.15) is 0 Å². The number of hydrogen-bond acceptors (Lipinski definition) is 6. The van der Waals surface area contributed by atoms with E-state index in [4.69, 9.17) is 4.74 Å². The molecule has 172 valence electrons. The minimum Gasteiger partial charge on any atom is -0.462 e. The number of nitrogens with one attached hydrogen (secondary N) is 2. The second kappa shape index (κ2) is 11.2. The fourth-order valence-corrected chi connectivity index (χ4v) is 4.92. The number of esters is 1. The summed E-state index contributed by atoms with van der Waals surface area (Å²) in [4.78, 5) is 40.8. The van der Waals surface area contributed by atoms with Gasteiger partial charge in [0.1, 0.15) is 5.00 Å². The summed E-state index contributed by atoms with van der Waals surface area (Å²) in [5.41, 5.74) is 1.33. The molecule has 7 nitrogen and oxygen atoms in total. The molecule has 0 saturated carbocycles. The maximum Gasteiger partial charge on any atom is 0.341 e. The highest BCUT2D eigenvalue weighted by molar-refractivity contribution is 7.20. The van der Waals surface area contributed by atoms with Gasteiger partial charge in [-0.3, -0.25) is 14.5 Å². The Morgan fingerprint density at radius 3 is 2.66 bits per heavy atom. The zero-order valence-electron chi connectivity index (χ0n) is 18.8. The molecule has 0 spiro atoms. The Morgan fingerprint density at radius 1 is 1.22 bits per heavy atom. The van der Waals surface area contributed by atoms with Crippen molar-refractivity contribution in [3.05, 3.63) is 42.0 Å². The Morgan fingerprint density at radius 2 is 1.97 bits per heavy atom. The molecule has 2 aromatic rings. The zero-order valence-corrected chi connectivity index (χ0v) is 19.7. The number of thiophene rings is 1. The first kappa shape index (κ1) is 23.9. The predicted molar refractivity (Wildman–Crippen MR) is 127 cm³/mol. The van der Waals surface area contributed by atoms with E-state index in [1.54, 1.807) is 13.0 Å². The number of nitrogens with zero attached hydrogens (tertiary/aromatic N) is 1. The Kier molecular flexibility index (Phi) is 8.41. The number of amides is 2. The molecule has 8 heteroatoms. The smallest absolute Gasteiger partial charge is 0.341 e. The average Bonchev–Trinajstić information content (AvgIpc) is 3.23.